The molecule has 3 heteroatoms. The number of rotatable bonds is 8. The van der Waals surface area contributed by atoms with Crippen LogP contribution < -0.4 is 0 Å². The molecule has 1 aliphatic carbocycles. The number of nitrogens with zero attached hydrogens (tertiary/aromatic N) is 3. The lowest BCUT2D eigenvalue weighted by atomic mass is 9.88. The Balaban J connectivity index is 0.000000410. The largest absolute Gasteiger partial charge is 0.280 e. The van der Waals surface area contributed by atoms with Crippen LogP contribution in [-0.2, 0) is 6.54 Å². The van der Waals surface area contributed by atoms with Crippen molar-refractivity contribution in [2.24, 2.45) is 9.98 Å². The lowest BCUT2D eigenvalue weighted by Gasteiger charge is -2.16. The van der Waals surface area contributed by atoms with Crippen LogP contribution in [0.1, 0.15) is 34.7 Å². The van der Waals surface area contributed by atoms with Gasteiger partial charge in [0.15, 0.2) is 0 Å². The van der Waals surface area contributed by atoms with E-state index in [-0.39, 0.29) is 0 Å². The molecule has 1 aliphatic rings. The van der Waals surface area contributed by atoms with Gasteiger partial charge in [0.25, 0.3) is 0 Å². The number of aromatic nitrogens is 1. The number of hydrogen-bond donors (Lipinski definition) is 0. The average molecular weight is 670 g/mol. The molecule has 0 radical (unpaired) electrons. The van der Waals surface area contributed by atoms with E-state index in [0.29, 0.717) is 6.54 Å². The molecule has 250 valence electrons. The van der Waals surface area contributed by atoms with Crippen molar-refractivity contribution < 1.29 is 0 Å². The molecule has 0 N–H and O–H groups in total. The maximum atomic E-state index is 5.12. The minimum atomic E-state index is 0.539. The molecule has 0 saturated heterocycles. The number of para-hydroxylation sites is 1. The maximum absolute atomic E-state index is 5.12. The van der Waals surface area contributed by atoms with Crippen molar-refractivity contribution in [3.05, 3.63) is 198 Å². The molecule has 0 bridgehead atoms. The molecule has 0 unspecified atom stereocenters. The smallest absolute Gasteiger partial charge is 0.0673 e. The van der Waals surface area contributed by atoms with Crippen LogP contribution in [0.2, 0.25) is 0 Å². The first-order chi connectivity index (χ1) is 25.5. The molecular weight excluding hydrogens is 631 g/mol. The van der Waals surface area contributed by atoms with E-state index in [1.165, 1.54) is 38.6 Å². The molecule has 52 heavy (non-hydrogen) atoms. The second-order valence-electron chi connectivity index (χ2n) is 12.9. The Hall–Kier alpha value is -6.67. The highest BCUT2D eigenvalue weighted by atomic mass is 14.7. The van der Waals surface area contributed by atoms with Crippen molar-refractivity contribution in [1.82, 2.24) is 4.98 Å². The molecule has 0 fully saturated rings. The molecule has 1 aromatic heterocycles. The molecule has 3 nitrogen and oxygen atoms in total. The van der Waals surface area contributed by atoms with Gasteiger partial charge in [0.2, 0.25) is 0 Å². The van der Waals surface area contributed by atoms with Crippen molar-refractivity contribution in [2.45, 2.75) is 20.4 Å². The topological polar surface area (TPSA) is 37.6 Å². The summed E-state index contributed by atoms with van der Waals surface area (Å²) in [6.45, 7) is 12.3. The summed E-state index contributed by atoms with van der Waals surface area (Å²) in [6.07, 6.45) is 7.92. The predicted octanol–water partition coefficient (Wildman–Crippen LogP) is 12.8. The molecule has 0 spiro atoms. The Kier molecular flexibility index (Phi) is 10.1. The van der Waals surface area contributed by atoms with Crippen molar-refractivity contribution in [1.29, 1.82) is 0 Å². The zero-order chi connectivity index (χ0) is 35.9. The number of fused-ring (bicyclic) bond motifs is 3. The van der Waals surface area contributed by atoms with Gasteiger partial charge in [-0.15, -0.1) is 5.73 Å². The van der Waals surface area contributed by atoms with Crippen molar-refractivity contribution >= 4 is 41.0 Å². The third-order valence-electron chi connectivity index (χ3n) is 9.26. The van der Waals surface area contributed by atoms with E-state index in [0.717, 1.165) is 50.4 Å². The zero-order valence-corrected chi connectivity index (χ0v) is 29.6. The Morgan fingerprint density at radius 1 is 0.673 bits per heavy atom. The summed E-state index contributed by atoms with van der Waals surface area (Å²) >= 11 is 0. The summed E-state index contributed by atoms with van der Waals surface area (Å²) in [5.74, 6) is 0. The van der Waals surface area contributed by atoms with E-state index in [2.05, 4.69) is 132 Å². The molecule has 6 aromatic carbocycles. The van der Waals surface area contributed by atoms with Gasteiger partial charge in [-0.1, -0.05) is 110 Å². The van der Waals surface area contributed by atoms with Crippen LogP contribution in [0.15, 0.2) is 180 Å². The molecule has 8 rings (SSSR count). The van der Waals surface area contributed by atoms with Gasteiger partial charge in [0.1, 0.15) is 0 Å². The molecular formula is C49H39N3. The van der Waals surface area contributed by atoms with Crippen LogP contribution >= 0.6 is 0 Å². The highest BCUT2D eigenvalue weighted by Crippen LogP contribution is 2.40. The molecule has 0 saturated carbocycles. The van der Waals surface area contributed by atoms with Crippen LogP contribution in [0.4, 0.5) is 5.69 Å². The number of aliphatic imine (C=N–C) groups is 2. The fourth-order valence-electron chi connectivity index (χ4n) is 6.74. The first-order valence-electron chi connectivity index (χ1n) is 17.4. The Morgan fingerprint density at radius 3 is 2.04 bits per heavy atom. The Bertz CT molecular complexity index is 2520. The minimum Gasteiger partial charge on any atom is -0.280 e. The highest BCUT2D eigenvalue weighted by molar-refractivity contribution is 6.12. The second-order valence-corrected chi connectivity index (χ2v) is 12.9. The van der Waals surface area contributed by atoms with Crippen LogP contribution in [0.3, 0.4) is 0 Å². The van der Waals surface area contributed by atoms with Crippen LogP contribution in [0.5, 0.6) is 0 Å². The average Bonchev–Trinajstić information content (AvgIpc) is 3.68. The number of allylic oxidation sites excluding steroid dienone is 1. The summed E-state index contributed by atoms with van der Waals surface area (Å²) in [6, 6.07) is 48.8. The van der Waals surface area contributed by atoms with Crippen molar-refractivity contribution in [2.75, 3.05) is 0 Å². The van der Waals surface area contributed by atoms with Gasteiger partial charge in [0.05, 0.1) is 17.9 Å². The lowest BCUT2D eigenvalue weighted by molar-refractivity contribution is 1.07. The summed E-state index contributed by atoms with van der Waals surface area (Å²) in [5, 5.41) is 2.47. The van der Waals surface area contributed by atoms with Crippen molar-refractivity contribution in [3.63, 3.8) is 0 Å². The van der Waals surface area contributed by atoms with Gasteiger partial charge in [-0.05, 0) is 141 Å². The van der Waals surface area contributed by atoms with E-state index in [4.69, 9.17) is 4.99 Å². The Labute approximate surface area is 306 Å². The van der Waals surface area contributed by atoms with Crippen LogP contribution in [0.25, 0.3) is 56.3 Å². The number of aryl methyl sites for hydroxylation is 1. The SMILES string of the molecule is C=C(C)C(=NCc1cc(-c2ccccc2-c2cccnc2)cc(-c2cc3c(c4ccccc24)C=C=C3)c1)c1ccccc1.C=Nc1ccccc1C. The van der Waals surface area contributed by atoms with Crippen molar-refractivity contribution in [3.8, 4) is 33.4 Å². The molecule has 7 aromatic rings. The highest BCUT2D eigenvalue weighted by Gasteiger charge is 2.16. The monoisotopic (exact) mass is 669 g/mol. The van der Waals surface area contributed by atoms with E-state index in [1.54, 1.807) is 0 Å². The summed E-state index contributed by atoms with van der Waals surface area (Å²) < 4.78 is 0. The number of hydrogen-bond acceptors (Lipinski definition) is 3. The summed E-state index contributed by atoms with van der Waals surface area (Å²) in [4.78, 5) is 13.3. The van der Waals surface area contributed by atoms with E-state index in [9.17, 15) is 0 Å². The molecule has 0 atom stereocenters. The quantitative estimate of drug-likeness (QED) is 0.117. The molecule has 0 amide bonds. The third-order valence-corrected chi connectivity index (χ3v) is 9.26. The Morgan fingerprint density at radius 2 is 1.35 bits per heavy atom. The normalized spacial score (nSPS) is 11.5. The van der Waals surface area contributed by atoms with Gasteiger partial charge in [-0.25, -0.2) is 0 Å². The van der Waals surface area contributed by atoms with E-state index < -0.39 is 0 Å². The number of pyridine rings is 1. The first kappa shape index (κ1) is 33.8. The van der Waals surface area contributed by atoms with Gasteiger partial charge in [-0.2, -0.15) is 0 Å². The standard InChI is InChI=1S/C41H30N2.C8H9N/c1-28(2)41(30-12-4-3-5-13-30)43-26-29-22-33(37-17-7-6-16-36(37)32-15-11-21-42-27-32)24-34(23-29)40-25-31-14-10-20-35(31)38-18-8-9-19-39(38)40;1-7-5-3-4-6-8(7)9-2/h3-9,11-25,27H,1,26H2,2H3;3-6H,2H2,1H3. The minimum absolute atomic E-state index is 0.539. The van der Waals surface area contributed by atoms with Gasteiger partial charge < -0.3 is 0 Å². The van der Waals surface area contributed by atoms with Crippen LogP contribution in [-0.4, -0.2) is 17.4 Å². The summed E-state index contributed by atoms with van der Waals surface area (Å²) in [7, 11) is 0. The summed E-state index contributed by atoms with van der Waals surface area (Å²) in [5.41, 5.74) is 18.9. The lowest BCUT2D eigenvalue weighted by Crippen LogP contribution is -2.03. The molecule has 1 heterocycles. The van der Waals surface area contributed by atoms with E-state index in [1.807, 2.05) is 74.8 Å². The second kappa shape index (κ2) is 15.5. The zero-order valence-electron chi connectivity index (χ0n) is 29.6. The number of benzene rings is 6. The fraction of sp³-hybridized carbons (Fsp3) is 0.0612. The maximum Gasteiger partial charge on any atom is 0.0673 e. The third kappa shape index (κ3) is 7.27. The van der Waals surface area contributed by atoms with Gasteiger partial charge in [-0.3, -0.25) is 15.0 Å². The molecule has 0 aliphatic heterocycles. The van der Waals surface area contributed by atoms with Gasteiger partial charge in [0, 0.05) is 18.0 Å². The first-order valence-corrected chi connectivity index (χ1v) is 17.4. The predicted molar refractivity (Wildman–Crippen MR) is 222 cm³/mol. The fourth-order valence-corrected chi connectivity index (χ4v) is 6.74. The van der Waals surface area contributed by atoms with Crippen LogP contribution in [0, 0.1) is 6.92 Å². The van der Waals surface area contributed by atoms with Gasteiger partial charge >= 0.3 is 0 Å². The van der Waals surface area contributed by atoms with E-state index >= 15 is 0 Å².